The lowest BCUT2D eigenvalue weighted by Gasteiger charge is -2.24. The molecule has 5 nitrogen and oxygen atoms in total. The Bertz CT molecular complexity index is 784. The van der Waals surface area contributed by atoms with Crippen molar-refractivity contribution in [2.45, 2.75) is 32.6 Å². The lowest BCUT2D eigenvalue weighted by Crippen LogP contribution is -2.39. The molecule has 2 aromatic rings. The summed E-state index contributed by atoms with van der Waals surface area (Å²) in [6.07, 6.45) is 0.817. The third kappa shape index (κ3) is 6.41. The predicted octanol–water partition coefficient (Wildman–Crippen LogP) is 3.12. The number of hydrogen-bond acceptors (Lipinski definition) is 2. The minimum atomic E-state index is -0.0622. The molecule has 0 atom stereocenters. The zero-order chi connectivity index (χ0) is 20.4. The molecule has 0 aliphatic rings. The highest BCUT2D eigenvalue weighted by Gasteiger charge is 2.20. The molecule has 150 valence electrons. The fourth-order valence-electron chi connectivity index (χ4n) is 2.94. The predicted molar refractivity (Wildman–Crippen MR) is 117 cm³/mol. The molecule has 0 fully saturated rings. The van der Waals surface area contributed by atoms with E-state index in [1.165, 1.54) is 5.56 Å². The zero-order valence-corrected chi connectivity index (χ0v) is 17.4. The molecule has 0 saturated heterocycles. The highest BCUT2D eigenvalue weighted by Crippen LogP contribution is 2.22. The largest absolute Gasteiger partial charge is 0.357 e. The summed E-state index contributed by atoms with van der Waals surface area (Å²) in [6.45, 7) is 8.72. The number of carbonyl (C=O) groups is 1. The minimum absolute atomic E-state index is 0.0363. The van der Waals surface area contributed by atoms with Crippen molar-refractivity contribution in [2.75, 3.05) is 26.7 Å². The van der Waals surface area contributed by atoms with Gasteiger partial charge in [-0.1, -0.05) is 56.3 Å². The van der Waals surface area contributed by atoms with Crippen LogP contribution in [0, 0.1) is 0 Å². The number of aliphatic imine (C=N–C) groups is 1. The molecule has 5 heteroatoms. The first-order valence-electron chi connectivity index (χ1n) is 9.85. The molecule has 28 heavy (non-hydrogen) atoms. The summed E-state index contributed by atoms with van der Waals surface area (Å²) in [5.41, 5.74) is 3.05. The molecule has 0 spiro atoms. The Hall–Kier alpha value is -2.82. The molecule has 0 radical (unpaired) electrons. The SMILES string of the molecule is CCNC(=NCC(C)(C)c1ccccc1)NCCc1cccc(C(=O)NC)c1. The lowest BCUT2D eigenvalue weighted by atomic mass is 9.85. The van der Waals surface area contributed by atoms with Gasteiger partial charge >= 0.3 is 0 Å². The van der Waals surface area contributed by atoms with Crippen molar-refractivity contribution in [3.63, 3.8) is 0 Å². The molecule has 0 bridgehead atoms. The number of nitrogens with zero attached hydrogens (tertiary/aromatic N) is 1. The van der Waals surface area contributed by atoms with Crippen LogP contribution >= 0.6 is 0 Å². The van der Waals surface area contributed by atoms with E-state index in [-0.39, 0.29) is 11.3 Å². The second-order valence-electron chi connectivity index (χ2n) is 7.40. The lowest BCUT2D eigenvalue weighted by molar-refractivity contribution is 0.0963. The van der Waals surface area contributed by atoms with Gasteiger partial charge in [-0.15, -0.1) is 0 Å². The van der Waals surface area contributed by atoms with Gasteiger partial charge in [-0.2, -0.15) is 0 Å². The number of rotatable bonds is 8. The van der Waals surface area contributed by atoms with Gasteiger partial charge in [-0.05, 0) is 36.6 Å². The van der Waals surface area contributed by atoms with E-state index >= 15 is 0 Å². The first kappa shape index (κ1) is 21.5. The van der Waals surface area contributed by atoms with Gasteiger partial charge in [0.25, 0.3) is 5.91 Å². The maximum Gasteiger partial charge on any atom is 0.251 e. The summed E-state index contributed by atoms with van der Waals surface area (Å²) in [7, 11) is 1.65. The molecule has 0 heterocycles. The van der Waals surface area contributed by atoms with Crippen molar-refractivity contribution in [1.29, 1.82) is 0 Å². The summed E-state index contributed by atoms with van der Waals surface area (Å²) >= 11 is 0. The Morgan fingerprint density at radius 3 is 2.46 bits per heavy atom. The van der Waals surface area contributed by atoms with Crippen LogP contribution in [0.5, 0.6) is 0 Å². The van der Waals surface area contributed by atoms with Gasteiger partial charge < -0.3 is 16.0 Å². The summed E-state index contributed by atoms with van der Waals surface area (Å²) < 4.78 is 0. The second kappa shape index (κ2) is 10.5. The maximum atomic E-state index is 11.8. The van der Waals surface area contributed by atoms with Gasteiger partial charge in [0.15, 0.2) is 5.96 Å². The first-order chi connectivity index (χ1) is 13.5. The Balaban J connectivity index is 1.95. The molecule has 0 unspecified atom stereocenters. The second-order valence-corrected chi connectivity index (χ2v) is 7.40. The van der Waals surface area contributed by atoms with Gasteiger partial charge in [0.1, 0.15) is 0 Å². The van der Waals surface area contributed by atoms with E-state index in [1.54, 1.807) is 7.05 Å². The number of guanidine groups is 1. The van der Waals surface area contributed by atoms with Gasteiger partial charge in [0, 0.05) is 31.1 Å². The molecule has 1 amide bonds. The standard InChI is InChI=1S/C23H32N4O/c1-5-25-22(27-17-23(2,3)20-12-7-6-8-13-20)26-15-14-18-10-9-11-19(16-18)21(28)24-4/h6-13,16H,5,14-15,17H2,1-4H3,(H,24,28)(H2,25,26,27). The van der Waals surface area contributed by atoms with Crippen LogP contribution in [0.1, 0.15) is 42.3 Å². The van der Waals surface area contributed by atoms with Crippen molar-refractivity contribution < 1.29 is 4.79 Å². The summed E-state index contributed by atoms with van der Waals surface area (Å²) in [6, 6.07) is 18.2. The van der Waals surface area contributed by atoms with Crippen LogP contribution in [-0.4, -0.2) is 38.5 Å². The van der Waals surface area contributed by atoms with Gasteiger partial charge in [-0.25, -0.2) is 0 Å². The topological polar surface area (TPSA) is 65.5 Å². The number of hydrogen-bond donors (Lipinski definition) is 3. The van der Waals surface area contributed by atoms with E-state index in [0.717, 1.165) is 31.0 Å². The molecule has 0 saturated carbocycles. The van der Waals surface area contributed by atoms with Gasteiger partial charge in [0.05, 0.1) is 6.54 Å². The quantitative estimate of drug-likeness (QED) is 0.487. The number of nitrogens with one attached hydrogen (secondary N) is 3. The number of amides is 1. The molecule has 2 aromatic carbocycles. The summed E-state index contributed by atoms with van der Waals surface area (Å²) in [4.78, 5) is 16.6. The van der Waals surface area contributed by atoms with E-state index in [0.29, 0.717) is 12.1 Å². The zero-order valence-electron chi connectivity index (χ0n) is 17.4. The molecular weight excluding hydrogens is 348 g/mol. The highest BCUT2D eigenvalue weighted by atomic mass is 16.1. The smallest absolute Gasteiger partial charge is 0.251 e. The minimum Gasteiger partial charge on any atom is -0.357 e. The van der Waals surface area contributed by atoms with Crippen LogP contribution in [0.2, 0.25) is 0 Å². The fraction of sp³-hybridized carbons (Fsp3) is 0.391. The van der Waals surface area contributed by atoms with Crippen molar-refractivity contribution in [3.8, 4) is 0 Å². The van der Waals surface area contributed by atoms with E-state index in [2.05, 4.69) is 61.0 Å². The Morgan fingerprint density at radius 2 is 1.79 bits per heavy atom. The van der Waals surface area contributed by atoms with Crippen LogP contribution in [0.25, 0.3) is 0 Å². The third-order valence-corrected chi connectivity index (χ3v) is 4.65. The normalized spacial score (nSPS) is 11.8. The van der Waals surface area contributed by atoms with Crippen LogP contribution < -0.4 is 16.0 Å². The van der Waals surface area contributed by atoms with E-state index in [9.17, 15) is 4.79 Å². The van der Waals surface area contributed by atoms with E-state index < -0.39 is 0 Å². The first-order valence-corrected chi connectivity index (χ1v) is 9.85. The monoisotopic (exact) mass is 380 g/mol. The third-order valence-electron chi connectivity index (χ3n) is 4.65. The Kier molecular flexibility index (Phi) is 8.05. The Morgan fingerprint density at radius 1 is 1.04 bits per heavy atom. The average molecular weight is 381 g/mol. The highest BCUT2D eigenvalue weighted by molar-refractivity contribution is 5.94. The van der Waals surface area contributed by atoms with Gasteiger partial charge in [-0.3, -0.25) is 9.79 Å². The molecular formula is C23H32N4O. The van der Waals surface area contributed by atoms with Crippen molar-refractivity contribution >= 4 is 11.9 Å². The maximum absolute atomic E-state index is 11.8. The molecule has 2 rings (SSSR count). The van der Waals surface area contributed by atoms with Crippen LogP contribution in [0.4, 0.5) is 0 Å². The van der Waals surface area contributed by atoms with Gasteiger partial charge in [0.2, 0.25) is 0 Å². The molecule has 0 aromatic heterocycles. The van der Waals surface area contributed by atoms with E-state index in [4.69, 9.17) is 4.99 Å². The van der Waals surface area contributed by atoms with Crippen LogP contribution in [0.15, 0.2) is 59.6 Å². The Labute approximate surface area is 168 Å². The summed E-state index contributed by atoms with van der Waals surface area (Å²) in [5.74, 6) is 0.752. The van der Waals surface area contributed by atoms with Crippen molar-refractivity contribution in [2.24, 2.45) is 4.99 Å². The fourth-order valence-corrected chi connectivity index (χ4v) is 2.94. The van der Waals surface area contributed by atoms with Crippen LogP contribution in [-0.2, 0) is 11.8 Å². The number of carbonyl (C=O) groups excluding carboxylic acids is 1. The molecule has 3 N–H and O–H groups in total. The van der Waals surface area contributed by atoms with Crippen molar-refractivity contribution in [3.05, 3.63) is 71.3 Å². The molecule has 0 aliphatic carbocycles. The van der Waals surface area contributed by atoms with Crippen LogP contribution in [0.3, 0.4) is 0 Å². The summed E-state index contributed by atoms with van der Waals surface area (Å²) in [5, 5.41) is 9.36. The average Bonchev–Trinajstić information content (AvgIpc) is 2.72. The number of benzene rings is 2. The molecule has 0 aliphatic heterocycles. The van der Waals surface area contributed by atoms with Crippen molar-refractivity contribution in [1.82, 2.24) is 16.0 Å². The van der Waals surface area contributed by atoms with E-state index in [1.807, 2.05) is 30.3 Å².